The van der Waals surface area contributed by atoms with Crippen LogP contribution in [0.5, 0.6) is 0 Å². The van der Waals surface area contributed by atoms with Gasteiger partial charge >= 0.3 is 0 Å². The highest BCUT2D eigenvalue weighted by Crippen LogP contribution is 2.33. The average molecular weight is 351 g/mol. The first-order valence-corrected chi connectivity index (χ1v) is 8.95. The average Bonchev–Trinajstić information content (AvgIpc) is 2.47. The molecule has 0 amide bonds. The summed E-state index contributed by atoms with van der Waals surface area (Å²) < 4.78 is 0. The lowest BCUT2D eigenvalue weighted by Gasteiger charge is -2.36. The molecule has 0 aliphatic carbocycles. The van der Waals surface area contributed by atoms with Gasteiger partial charge in [-0.2, -0.15) is 5.26 Å². The van der Waals surface area contributed by atoms with Crippen LogP contribution < -0.4 is 0 Å². The Bertz CT molecular complexity index is 459. The molecule has 1 rings (SSSR count). The molecule has 2 nitrogen and oxygen atoms in total. The van der Waals surface area contributed by atoms with Crippen molar-refractivity contribution in [1.29, 1.82) is 5.26 Å². The van der Waals surface area contributed by atoms with E-state index < -0.39 is 0 Å². The maximum Gasteiger partial charge on any atom is 0.0991 e. The molecule has 0 unspecified atom stereocenters. The van der Waals surface area contributed by atoms with E-state index in [1.807, 2.05) is 18.2 Å². The van der Waals surface area contributed by atoms with Crippen LogP contribution in [-0.2, 0) is 6.54 Å². The molecule has 1 aromatic carbocycles. The zero-order chi connectivity index (χ0) is 15.7. The summed E-state index contributed by atoms with van der Waals surface area (Å²) in [6.07, 6.45) is 4.97. The van der Waals surface area contributed by atoms with Crippen LogP contribution in [0.4, 0.5) is 0 Å². The normalized spacial score (nSPS) is 11.6. The lowest BCUT2D eigenvalue weighted by molar-refractivity contribution is 0.166. The fraction of sp³-hybridized carbons (Fsp3) is 0.611. The first-order valence-electron chi connectivity index (χ1n) is 7.82. The Morgan fingerprint density at radius 3 is 2.43 bits per heavy atom. The van der Waals surface area contributed by atoms with Crippen LogP contribution in [0.1, 0.15) is 50.7 Å². The lowest BCUT2D eigenvalue weighted by Crippen LogP contribution is -2.36. The number of hydrogen-bond donors (Lipinski definition) is 0. The summed E-state index contributed by atoms with van der Waals surface area (Å²) in [5.74, 6) is 0. The van der Waals surface area contributed by atoms with Crippen LogP contribution in [0.2, 0.25) is 0 Å². The van der Waals surface area contributed by atoms with Crippen molar-refractivity contribution in [2.75, 3.05) is 18.9 Å². The number of nitriles is 1. The van der Waals surface area contributed by atoms with Gasteiger partial charge < -0.3 is 4.90 Å². The third-order valence-electron chi connectivity index (χ3n) is 3.96. The van der Waals surface area contributed by atoms with Crippen LogP contribution in [0.15, 0.2) is 24.3 Å². The molecule has 0 bridgehead atoms. The second-order valence-corrected chi connectivity index (χ2v) is 6.68. The summed E-state index contributed by atoms with van der Waals surface area (Å²) in [5.41, 5.74) is 2.33. The van der Waals surface area contributed by atoms with Gasteiger partial charge in [0.15, 0.2) is 0 Å². The molecule has 21 heavy (non-hydrogen) atoms. The minimum atomic E-state index is 0.366. The summed E-state index contributed by atoms with van der Waals surface area (Å²) in [6.45, 7) is 6.53. The molecule has 3 heteroatoms. The van der Waals surface area contributed by atoms with Gasteiger partial charge in [-0.05, 0) is 43.0 Å². The maximum absolute atomic E-state index is 8.99. The Morgan fingerprint density at radius 1 is 1.24 bits per heavy atom. The van der Waals surface area contributed by atoms with Crippen molar-refractivity contribution in [2.24, 2.45) is 5.41 Å². The van der Waals surface area contributed by atoms with E-state index >= 15 is 0 Å². The molecule has 0 saturated heterocycles. The Balaban J connectivity index is 2.72. The molecule has 0 saturated carbocycles. The van der Waals surface area contributed by atoms with E-state index in [-0.39, 0.29) is 0 Å². The third kappa shape index (κ3) is 5.80. The number of nitrogens with zero attached hydrogens (tertiary/aromatic N) is 2. The highest BCUT2D eigenvalue weighted by molar-refractivity contribution is 9.09. The van der Waals surface area contributed by atoms with E-state index in [1.165, 1.54) is 31.2 Å². The summed E-state index contributed by atoms with van der Waals surface area (Å²) in [4.78, 5) is 2.39. The van der Waals surface area contributed by atoms with Gasteiger partial charge in [-0.15, -0.1) is 0 Å². The van der Waals surface area contributed by atoms with Gasteiger partial charge in [-0.3, -0.25) is 0 Å². The van der Waals surface area contributed by atoms with E-state index in [2.05, 4.69) is 53.9 Å². The van der Waals surface area contributed by atoms with Crippen LogP contribution in [0.3, 0.4) is 0 Å². The molecule has 0 fully saturated rings. The topological polar surface area (TPSA) is 27.0 Å². The number of halogens is 1. The summed E-state index contributed by atoms with van der Waals surface area (Å²) in [5, 5.41) is 10.1. The summed E-state index contributed by atoms with van der Waals surface area (Å²) in [7, 11) is 2.18. The summed E-state index contributed by atoms with van der Waals surface area (Å²) >= 11 is 3.74. The molecule has 0 N–H and O–H groups in total. The van der Waals surface area contributed by atoms with Crippen molar-refractivity contribution in [3.8, 4) is 6.07 Å². The first-order chi connectivity index (χ1) is 10.1. The van der Waals surface area contributed by atoms with E-state index in [0.29, 0.717) is 5.41 Å². The van der Waals surface area contributed by atoms with Gasteiger partial charge in [0.1, 0.15) is 0 Å². The SMILES string of the molecule is CCCC(CBr)(CCC)CN(C)Cc1cccc(C#N)c1. The lowest BCUT2D eigenvalue weighted by atomic mass is 9.80. The van der Waals surface area contributed by atoms with Crippen molar-refractivity contribution in [3.05, 3.63) is 35.4 Å². The van der Waals surface area contributed by atoms with Crippen LogP contribution >= 0.6 is 15.9 Å². The van der Waals surface area contributed by atoms with Crippen molar-refractivity contribution in [3.63, 3.8) is 0 Å². The molecule has 0 aliphatic rings. The number of rotatable bonds is 9. The van der Waals surface area contributed by atoms with Crippen LogP contribution in [-0.4, -0.2) is 23.8 Å². The number of alkyl halides is 1. The molecule has 0 heterocycles. The van der Waals surface area contributed by atoms with E-state index in [0.717, 1.165) is 24.0 Å². The second kappa shape index (κ2) is 9.23. The largest absolute Gasteiger partial charge is 0.302 e. The van der Waals surface area contributed by atoms with Crippen LogP contribution in [0, 0.1) is 16.7 Å². The Kier molecular flexibility index (Phi) is 8.00. The van der Waals surface area contributed by atoms with E-state index in [1.54, 1.807) is 0 Å². The fourth-order valence-corrected chi connectivity index (χ4v) is 3.94. The molecular weight excluding hydrogens is 324 g/mol. The van der Waals surface area contributed by atoms with Crippen LogP contribution in [0.25, 0.3) is 0 Å². The van der Waals surface area contributed by atoms with Crippen molar-refractivity contribution in [2.45, 2.75) is 46.1 Å². The van der Waals surface area contributed by atoms with Gasteiger partial charge in [-0.1, -0.05) is 54.8 Å². The predicted octanol–water partition coefficient (Wildman–Crippen LogP) is 4.97. The van der Waals surface area contributed by atoms with Crippen molar-refractivity contribution < 1.29 is 0 Å². The fourth-order valence-electron chi connectivity index (χ4n) is 3.20. The number of hydrogen-bond acceptors (Lipinski definition) is 2. The predicted molar refractivity (Wildman–Crippen MR) is 93.5 cm³/mol. The smallest absolute Gasteiger partial charge is 0.0991 e. The monoisotopic (exact) mass is 350 g/mol. The molecule has 0 aromatic heterocycles. The quantitative estimate of drug-likeness (QED) is 0.587. The van der Waals surface area contributed by atoms with Gasteiger partial charge in [0.05, 0.1) is 11.6 Å². The third-order valence-corrected chi connectivity index (χ3v) is 5.15. The minimum absolute atomic E-state index is 0.366. The van der Waals surface area contributed by atoms with Gasteiger partial charge in [0.25, 0.3) is 0 Å². The Labute approximate surface area is 138 Å². The molecule has 0 radical (unpaired) electrons. The molecule has 0 atom stereocenters. The van der Waals surface area contributed by atoms with Crippen molar-refractivity contribution >= 4 is 15.9 Å². The number of benzene rings is 1. The molecular formula is C18H27BrN2. The molecule has 1 aromatic rings. The van der Waals surface area contributed by atoms with Gasteiger partial charge in [-0.25, -0.2) is 0 Å². The van der Waals surface area contributed by atoms with Crippen molar-refractivity contribution in [1.82, 2.24) is 4.90 Å². The van der Waals surface area contributed by atoms with Gasteiger partial charge in [0.2, 0.25) is 0 Å². The summed E-state index contributed by atoms with van der Waals surface area (Å²) in [6, 6.07) is 10.1. The van der Waals surface area contributed by atoms with E-state index in [4.69, 9.17) is 5.26 Å². The zero-order valence-corrected chi connectivity index (χ0v) is 15.1. The van der Waals surface area contributed by atoms with E-state index in [9.17, 15) is 0 Å². The molecule has 0 aliphatic heterocycles. The minimum Gasteiger partial charge on any atom is -0.302 e. The zero-order valence-electron chi connectivity index (χ0n) is 13.5. The Hall–Kier alpha value is -0.850. The van der Waals surface area contributed by atoms with Gasteiger partial charge in [0, 0.05) is 18.4 Å². The standard InChI is InChI=1S/C18H27BrN2/c1-4-9-18(14-19,10-5-2)15-21(3)13-17-8-6-7-16(11-17)12-20/h6-8,11H,4-5,9-10,13-15H2,1-3H3. The first kappa shape index (κ1) is 18.2. The highest BCUT2D eigenvalue weighted by atomic mass is 79.9. The maximum atomic E-state index is 8.99. The molecule has 0 spiro atoms. The second-order valence-electron chi connectivity index (χ2n) is 6.12. The molecule has 116 valence electrons. The highest BCUT2D eigenvalue weighted by Gasteiger charge is 2.28. The Morgan fingerprint density at radius 2 is 1.90 bits per heavy atom.